The molecule has 0 aromatic carbocycles. The molecule has 4 fully saturated rings. The SMILES string of the molecule is CC1CC1CN1C(=O)C2(CC2)NC1C1CCCC1. The van der Waals surface area contributed by atoms with Gasteiger partial charge in [-0.2, -0.15) is 0 Å². The van der Waals surface area contributed by atoms with E-state index in [2.05, 4.69) is 17.1 Å². The minimum atomic E-state index is -0.106. The van der Waals surface area contributed by atoms with Gasteiger partial charge in [-0.15, -0.1) is 0 Å². The minimum Gasteiger partial charge on any atom is -0.325 e. The molecule has 4 aliphatic rings. The second kappa shape index (κ2) is 3.72. The summed E-state index contributed by atoms with van der Waals surface area (Å²) in [5, 5.41) is 3.71. The van der Waals surface area contributed by atoms with Crippen LogP contribution in [0.15, 0.2) is 0 Å². The maximum absolute atomic E-state index is 12.6. The Hall–Kier alpha value is -0.570. The van der Waals surface area contributed by atoms with Gasteiger partial charge in [0.1, 0.15) is 0 Å². The standard InChI is InChI=1S/C15H24N2O/c1-10-8-12(10)9-17-13(11-4-2-3-5-11)16-15(6-7-15)14(17)18/h10-13,16H,2-9H2,1H3. The third kappa shape index (κ3) is 1.63. The number of carbonyl (C=O) groups excluding carboxylic acids is 1. The van der Waals surface area contributed by atoms with Crippen LogP contribution in [-0.2, 0) is 4.79 Å². The zero-order chi connectivity index (χ0) is 12.3. The van der Waals surface area contributed by atoms with Crippen LogP contribution >= 0.6 is 0 Å². The van der Waals surface area contributed by atoms with Gasteiger partial charge in [-0.1, -0.05) is 19.8 Å². The largest absolute Gasteiger partial charge is 0.325 e. The first kappa shape index (κ1) is 11.3. The molecule has 4 rings (SSSR count). The van der Waals surface area contributed by atoms with Crippen LogP contribution in [0.2, 0.25) is 0 Å². The zero-order valence-electron chi connectivity index (χ0n) is 11.3. The van der Waals surface area contributed by atoms with E-state index in [9.17, 15) is 4.79 Å². The quantitative estimate of drug-likeness (QED) is 0.830. The maximum Gasteiger partial charge on any atom is 0.244 e. The number of nitrogens with one attached hydrogen (secondary N) is 1. The van der Waals surface area contributed by atoms with Crippen LogP contribution in [0.1, 0.15) is 51.9 Å². The molecule has 18 heavy (non-hydrogen) atoms. The Morgan fingerprint density at radius 2 is 2.00 bits per heavy atom. The van der Waals surface area contributed by atoms with E-state index in [1.54, 1.807) is 0 Å². The van der Waals surface area contributed by atoms with Gasteiger partial charge in [0, 0.05) is 6.54 Å². The molecule has 3 aliphatic carbocycles. The average Bonchev–Trinajstić information content (AvgIpc) is 3.17. The Morgan fingerprint density at radius 1 is 1.33 bits per heavy atom. The van der Waals surface area contributed by atoms with Crippen LogP contribution in [0.3, 0.4) is 0 Å². The van der Waals surface area contributed by atoms with Gasteiger partial charge < -0.3 is 4.90 Å². The Balaban J connectivity index is 1.53. The fourth-order valence-corrected chi connectivity index (χ4v) is 4.06. The van der Waals surface area contributed by atoms with Gasteiger partial charge in [-0.05, 0) is 49.9 Å². The molecule has 3 unspecified atom stereocenters. The third-order valence-corrected chi connectivity index (χ3v) is 5.73. The molecule has 1 saturated heterocycles. The van der Waals surface area contributed by atoms with Crippen molar-refractivity contribution in [3.63, 3.8) is 0 Å². The summed E-state index contributed by atoms with van der Waals surface area (Å²) in [7, 11) is 0. The van der Waals surface area contributed by atoms with E-state index < -0.39 is 0 Å². The van der Waals surface area contributed by atoms with Gasteiger partial charge in [0.2, 0.25) is 5.91 Å². The summed E-state index contributed by atoms with van der Waals surface area (Å²) < 4.78 is 0. The normalized spacial score (nSPS) is 41.9. The van der Waals surface area contributed by atoms with Crippen molar-refractivity contribution in [3.05, 3.63) is 0 Å². The van der Waals surface area contributed by atoms with Gasteiger partial charge in [0.15, 0.2) is 0 Å². The van der Waals surface area contributed by atoms with Gasteiger partial charge in [0.05, 0.1) is 11.7 Å². The molecule has 3 heteroatoms. The van der Waals surface area contributed by atoms with E-state index in [4.69, 9.17) is 0 Å². The molecule has 0 radical (unpaired) electrons. The zero-order valence-corrected chi connectivity index (χ0v) is 11.3. The summed E-state index contributed by atoms with van der Waals surface area (Å²) in [5.41, 5.74) is -0.106. The van der Waals surface area contributed by atoms with E-state index >= 15 is 0 Å². The van der Waals surface area contributed by atoms with Crippen molar-refractivity contribution >= 4 is 5.91 Å². The summed E-state index contributed by atoms with van der Waals surface area (Å²) >= 11 is 0. The Labute approximate surface area is 109 Å². The van der Waals surface area contributed by atoms with Crippen molar-refractivity contribution < 1.29 is 4.79 Å². The molecule has 3 nitrogen and oxygen atoms in total. The maximum atomic E-state index is 12.6. The molecule has 3 saturated carbocycles. The van der Waals surface area contributed by atoms with Crippen LogP contribution in [0.4, 0.5) is 0 Å². The molecule has 1 spiro atoms. The predicted octanol–water partition coefficient (Wildman–Crippen LogP) is 2.12. The highest BCUT2D eigenvalue weighted by atomic mass is 16.2. The highest BCUT2D eigenvalue weighted by Crippen LogP contribution is 2.47. The molecule has 0 aromatic heterocycles. The van der Waals surface area contributed by atoms with Crippen molar-refractivity contribution in [2.45, 2.75) is 63.6 Å². The first-order valence-electron chi connectivity index (χ1n) is 7.78. The molecule has 0 bridgehead atoms. The van der Waals surface area contributed by atoms with Gasteiger partial charge in [-0.3, -0.25) is 10.1 Å². The molecular weight excluding hydrogens is 224 g/mol. The Bertz CT molecular complexity index is 371. The van der Waals surface area contributed by atoms with E-state index in [1.165, 1.54) is 32.1 Å². The third-order valence-electron chi connectivity index (χ3n) is 5.73. The molecule has 1 amide bonds. The van der Waals surface area contributed by atoms with Crippen LogP contribution < -0.4 is 5.32 Å². The summed E-state index contributed by atoms with van der Waals surface area (Å²) in [6, 6.07) is 0. The van der Waals surface area contributed by atoms with Crippen molar-refractivity contribution in [1.29, 1.82) is 0 Å². The van der Waals surface area contributed by atoms with Crippen LogP contribution in [0.5, 0.6) is 0 Å². The summed E-state index contributed by atoms with van der Waals surface area (Å²) in [5.74, 6) is 2.79. The Kier molecular flexibility index (Phi) is 2.33. The van der Waals surface area contributed by atoms with Crippen LogP contribution in [0.25, 0.3) is 0 Å². The predicted molar refractivity (Wildman–Crippen MR) is 69.8 cm³/mol. The van der Waals surface area contributed by atoms with E-state index in [0.29, 0.717) is 12.1 Å². The van der Waals surface area contributed by atoms with Crippen molar-refractivity contribution in [3.8, 4) is 0 Å². The lowest BCUT2D eigenvalue weighted by atomic mass is 10.0. The lowest BCUT2D eigenvalue weighted by Crippen LogP contribution is -2.43. The molecule has 1 aliphatic heterocycles. The fourth-order valence-electron chi connectivity index (χ4n) is 4.06. The van der Waals surface area contributed by atoms with Crippen LogP contribution in [0, 0.1) is 17.8 Å². The van der Waals surface area contributed by atoms with Crippen molar-refractivity contribution in [1.82, 2.24) is 10.2 Å². The summed E-state index contributed by atoms with van der Waals surface area (Å²) in [6.45, 7) is 3.34. The molecule has 100 valence electrons. The number of amides is 1. The molecule has 0 aromatic rings. The second-order valence-electron chi connectivity index (χ2n) is 7.15. The number of hydrogen-bond donors (Lipinski definition) is 1. The molecule has 1 N–H and O–H groups in total. The monoisotopic (exact) mass is 248 g/mol. The highest BCUT2D eigenvalue weighted by Gasteiger charge is 2.60. The number of nitrogens with zero attached hydrogens (tertiary/aromatic N) is 1. The topological polar surface area (TPSA) is 32.3 Å². The summed E-state index contributed by atoms with van der Waals surface area (Å²) in [4.78, 5) is 14.8. The average molecular weight is 248 g/mol. The molecule has 1 heterocycles. The van der Waals surface area contributed by atoms with Crippen molar-refractivity contribution in [2.24, 2.45) is 17.8 Å². The van der Waals surface area contributed by atoms with Crippen LogP contribution in [-0.4, -0.2) is 29.1 Å². The lowest BCUT2D eigenvalue weighted by Gasteiger charge is -2.29. The number of rotatable bonds is 3. The Morgan fingerprint density at radius 3 is 2.56 bits per heavy atom. The second-order valence-corrected chi connectivity index (χ2v) is 7.15. The smallest absolute Gasteiger partial charge is 0.244 e. The first-order valence-corrected chi connectivity index (χ1v) is 7.78. The highest BCUT2D eigenvalue weighted by molar-refractivity contribution is 5.91. The number of hydrogen-bond acceptors (Lipinski definition) is 2. The summed E-state index contributed by atoms with van der Waals surface area (Å²) in [6.07, 6.45) is 9.20. The van der Waals surface area contributed by atoms with E-state index in [1.807, 2.05) is 0 Å². The fraction of sp³-hybridized carbons (Fsp3) is 0.933. The molecular formula is C15H24N2O. The first-order chi connectivity index (χ1) is 8.70. The van der Waals surface area contributed by atoms with E-state index in [-0.39, 0.29) is 5.54 Å². The lowest BCUT2D eigenvalue weighted by molar-refractivity contribution is -0.131. The van der Waals surface area contributed by atoms with Gasteiger partial charge >= 0.3 is 0 Å². The van der Waals surface area contributed by atoms with Gasteiger partial charge in [-0.25, -0.2) is 0 Å². The molecule has 3 atom stereocenters. The van der Waals surface area contributed by atoms with E-state index in [0.717, 1.165) is 37.1 Å². The van der Waals surface area contributed by atoms with Crippen molar-refractivity contribution in [2.75, 3.05) is 6.54 Å². The number of carbonyl (C=O) groups is 1. The minimum absolute atomic E-state index is 0.106. The van der Waals surface area contributed by atoms with Gasteiger partial charge in [0.25, 0.3) is 0 Å².